The average Bonchev–Trinajstić information content (AvgIpc) is 2.25. The van der Waals surface area contributed by atoms with Crippen LogP contribution in [0.3, 0.4) is 0 Å². The lowest BCUT2D eigenvalue weighted by atomic mass is 10.1. The summed E-state index contributed by atoms with van der Waals surface area (Å²) in [5, 5.41) is 0. The molecular formula is C11H18N2O2S. The van der Waals surface area contributed by atoms with Gasteiger partial charge in [-0.1, -0.05) is 18.2 Å². The molecule has 1 aromatic carbocycles. The molecule has 0 aliphatic carbocycles. The van der Waals surface area contributed by atoms with E-state index in [1.54, 1.807) is 0 Å². The normalized spacial score (nSPS) is 11.4. The van der Waals surface area contributed by atoms with Crippen molar-refractivity contribution in [3.63, 3.8) is 0 Å². The molecule has 0 heterocycles. The monoisotopic (exact) mass is 242 g/mol. The summed E-state index contributed by atoms with van der Waals surface area (Å²) in [6.07, 6.45) is 1.25. The number of para-hydroxylation sites is 1. The first-order chi connectivity index (χ1) is 7.44. The Kier molecular flexibility index (Phi) is 4.32. The van der Waals surface area contributed by atoms with E-state index in [1.807, 2.05) is 36.2 Å². The van der Waals surface area contributed by atoms with Gasteiger partial charge < -0.3 is 10.6 Å². The van der Waals surface area contributed by atoms with Gasteiger partial charge in [-0.15, -0.1) is 0 Å². The summed E-state index contributed by atoms with van der Waals surface area (Å²) < 4.78 is 22.1. The molecule has 0 bridgehead atoms. The molecule has 4 nitrogen and oxygen atoms in total. The van der Waals surface area contributed by atoms with Crippen LogP contribution in [-0.2, 0) is 16.4 Å². The van der Waals surface area contributed by atoms with E-state index in [4.69, 9.17) is 5.73 Å². The van der Waals surface area contributed by atoms with Crippen LogP contribution in [0.2, 0.25) is 0 Å². The highest BCUT2D eigenvalue weighted by molar-refractivity contribution is 7.90. The van der Waals surface area contributed by atoms with Crippen LogP contribution < -0.4 is 10.6 Å². The van der Waals surface area contributed by atoms with E-state index < -0.39 is 9.84 Å². The summed E-state index contributed by atoms with van der Waals surface area (Å²) in [6, 6.07) is 7.75. The van der Waals surface area contributed by atoms with E-state index in [0.29, 0.717) is 13.1 Å². The van der Waals surface area contributed by atoms with E-state index >= 15 is 0 Å². The number of anilines is 1. The van der Waals surface area contributed by atoms with Gasteiger partial charge in [0.05, 0.1) is 5.75 Å². The molecule has 2 N–H and O–H groups in total. The standard InChI is InChI=1S/C11H18N2O2S/c1-13(7-8-16(2,14)15)11-6-4-3-5-10(11)9-12/h3-6H,7-9,12H2,1-2H3. The van der Waals surface area contributed by atoms with E-state index in [-0.39, 0.29) is 5.75 Å². The second kappa shape index (κ2) is 5.32. The van der Waals surface area contributed by atoms with Crippen LogP contribution in [-0.4, -0.2) is 34.0 Å². The number of hydrogen-bond acceptors (Lipinski definition) is 4. The number of benzene rings is 1. The van der Waals surface area contributed by atoms with Gasteiger partial charge >= 0.3 is 0 Å². The van der Waals surface area contributed by atoms with Gasteiger partial charge in [-0.05, 0) is 11.6 Å². The van der Waals surface area contributed by atoms with Crippen LogP contribution in [0.1, 0.15) is 5.56 Å². The number of nitrogens with two attached hydrogens (primary N) is 1. The highest BCUT2D eigenvalue weighted by Gasteiger charge is 2.08. The Morgan fingerprint density at radius 3 is 2.50 bits per heavy atom. The Bertz CT molecular complexity index is 443. The number of rotatable bonds is 5. The average molecular weight is 242 g/mol. The Labute approximate surface area is 97.0 Å². The van der Waals surface area contributed by atoms with Gasteiger partial charge in [0.1, 0.15) is 9.84 Å². The molecule has 0 spiro atoms. The maximum Gasteiger partial charge on any atom is 0.149 e. The topological polar surface area (TPSA) is 63.4 Å². The Balaban J connectivity index is 2.76. The van der Waals surface area contributed by atoms with Crippen molar-refractivity contribution in [2.24, 2.45) is 5.73 Å². The van der Waals surface area contributed by atoms with Crippen LogP contribution in [0.4, 0.5) is 5.69 Å². The number of hydrogen-bond donors (Lipinski definition) is 1. The van der Waals surface area contributed by atoms with Gasteiger partial charge in [0.15, 0.2) is 0 Å². The first kappa shape index (κ1) is 13.0. The third-order valence-corrected chi connectivity index (χ3v) is 3.34. The summed E-state index contributed by atoms with van der Waals surface area (Å²) in [5.74, 6) is 0.155. The van der Waals surface area contributed by atoms with Crippen molar-refractivity contribution in [2.75, 3.05) is 30.5 Å². The van der Waals surface area contributed by atoms with Crippen molar-refractivity contribution in [3.8, 4) is 0 Å². The zero-order valence-electron chi connectivity index (χ0n) is 9.68. The van der Waals surface area contributed by atoms with Crippen molar-refractivity contribution in [1.29, 1.82) is 0 Å². The fourth-order valence-corrected chi connectivity index (χ4v) is 2.08. The summed E-state index contributed by atoms with van der Waals surface area (Å²) in [7, 11) is -1.04. The molecule has 0 fully saturated rings. The van der Waals surface area contributed by atoms with E-state index in [2.05, 4.69) is 0 Å². The number of nitrogens with zero attached hydrogens (tertiary/aromatic N) is 1. The molecule has 90 valence electrons. The summed E-state index contributed by atoms with van der Waals surface area (Å²) in [4.78, 5) is 1.92. The van der Waals surface area contributed by atoms with E-state index in [0.717, 1.165) is 11.3 Å². The highest BCUT2D eigenvalue weighted by Crippen LogP contribution is 2.18. The lowest BCUT2D eigenvalue weighted by molar-refractivity contribution is 0.601. The highest BCUT2D eigenvalue weighted by atomic mass is 32.2. The Morgan fingerprint density at radius 2 is 1.94 bits per heavy atom. The first-order valence-electron chi connectivity index (χ1n) is 5.11. The fourth-order valence-electron chi connectivity index (χ4n) is 1.48. The van der Waals surface area contributed by atoms with Gasteiger partial charge in [-0.25, -0.2) is 8.42 Å². The molecule has 0 saturated carbocycles. The minimum Gasteiger partial charge on any atom is -0.373 e. The zero-order chi connectivity index (χ0) is 12.2. The van der Waals surface area contributed by atoms with Crippen molar-refractivity contribution >= 4 is 15.5 Å². The van der Waals surface area contributed by atoms with Gasteiger partial charge in [-0.2, -0.15) is 0 Å². The lowest BCUT2D eigenvalue weighted by Crippen LogP contribution is -2.26. The van der Waals surface area contributed by atoms with Gasteiger partial charge in [0, 0.05) is 32.1 Å². The molecule has 0 atom stereocenters. The second-order valence-electron chi connectivity index (χ2n) is 3.88. The maximum atomic E-state index is 11.1. The van der Waals surface area contributed by atoms with E-state index in [9.17, 15) is 8.42 Å². The second-order valence-corrected chi connectivity index (χ2v) is 6.14. The predicted octanol–water partition coefficient (Wildman–Crippen LogP) is 0.626. The molecule has 0 aliphatic rings. The van der Waals surface area contributed by atoms with Crippen molar-refractivity contribution in [3.05, 3.63) is 29.8 Å². The van der Waals surface area contributed by atoms with Crippen molar-refractivity contribution < 1.29 is 8.42 Å². The molecule has 1 aromatic rings. The van der Waals surface area contributed by atoms with Crippen molar-refractivity contribution in [1.82, 2.24) is 0 Å². The SMILES string of the molecule is CN(CCS(C)(=O)=O)c1ccccc1CN. The van der Waals surface area contributed by atoms with Crippen LogP contribution in [0.25, 0.3) is 0 Å². The molecular weight excluding hydrogens is 224 g/mol. The van der Waals surface area contributed by atoms with Crippen LogP contribution in [0.5, 0.6) is 0 Å². The Morgan fingerprint density at radius 1 is 1.31 bits per heavy atom. The molecule has 16 heavy (non-hydrogen) atoms. The molecule has 0 unspecified atom stereocenters. The molecule has 0 radical (unpaired) electrons. The summed E-state index contributed by atoms with van der Waals surface area (Å²) in [5.41, 5.74) is 7.65. The smallest absolute Gasteiger partial charge is 0.149 e. The zero-order valence-corrected chi connectivity index (χ0v) is 10.5. The molecule has 0 saturated heterocycles. The summed E-state index contributed by atoms with van der Waals surface area (Å²) >= 11 is 0. The quantitative estimate of drug-likeness (QED) is 0.822. The largest absolute Gasteiger partial charge is 0.373 e. The van der Waals surface area contributed by atoms with Gasteiger partial charge in [0.25, 0.3) is 0 Å². The predicted molar refractivity (Wildman–Crippen MR) is 67.3 cm³/mol. The fraction of sp³-hybridized carbons (Fsp3) is 0.455. The number of sulfone groups is 1. The molecule has 1 rings (SSSR count). The third kappa shape index (κ3) is 3.83. The molecule has 0 amide bonds. The van der Waals surface area contributed by atoms with Crippen LogP contribution in [0, 0.1) is 0 Å². The van der Waals surface area contributed by atoms with Crippen LogP contribution in [0.15, 0.2) is 24.3 Å². The molecule has 0 aliphatic heterocycles. The van der Waals surface area contributed by atoms with Gasteiger partial charge in [0.2, 0.25) is 0 Å². The maximum absolute atomic E-state index is 11.1. The van der Waals surface area contributed by atoms with Gasteiger partial charge in [-0.3, -0.25) is 0 Å². The van der Waals surface area contributed by atoms with E-state index in [1.165, 1.54) is 6.26 Å². The lowest BCUT2D eigenvalue weighted by Gasteiger charge is -2.21. The minimum atomic E-state index is -2.92. The first-order valence-corrected chi connectivity index (χ1v) is 7.17. The minimum absolute atomic E-state index is 0.155. The molecule has 0 aromatic heterocycles. The third-order valence-electron chi connectivity index (χ3n) is 2.42. The Hall–Kier alpha value is -1.07. The van der Waals surface area contributed by atoms with Crippen molar-refractivity contribution in [2.45, 2.75) is 6.54 Å². The summed E-state index contributed by atoms with van der Waals surface area (Å²) in [6.45, 7) is 0.940. The molecule has 5 heteroatoms. The van der Waals surface area contributed by atoms with Crippen LogP contribution >= 0.6 is 0 Å².